The van der Waals surface area contributed by atoms with Gasteiger partial charge in [-0.1, -0.05) is 17.4 Å². The molecule has 0 saturated carbocycles. The molecule has 170 valence electrons. The number of nitrogens with two attached hydrogens (primary N) is 1. The fourth-order valence-electron chi connectivity index (χ4n) is 3.85. The Bertz CT molecular complexity index is 1140. The van der Waals surface area contributed by atoms with Gasteiger partial charge in [-0.25, -0.2) is 13.8 Å². The third-order valence-corrected chi connectivity index (χ3v) is 6.47. The molecule has 8 nitrogen and oxygen atoms in total. The number of nitrogens with one attached hydrogen (secondary N) is 1. The molecular formula is C21H24F2N6O2S. The van der Waals surface area contributed by atoms with E-state index in [4.69, 9.17) is 5.73 Å². The number of benzene rings is 1. The van der Waals surface area contributed by atoms with E-state index in [1.54, 1.807) is 11.7 Å². The van der Waals surface area contributed by atoms with Crippen molar-refractivity contribution in [1.82, 2.24) is 14.8 Å². The minimum Gasteiger partial charge on any atom is -0.390 e. The summed E-state index contributed by atoms with van der Waals surface area (Å²) in [5.74, 6) is -1.46. The summed E-state index contributed by atoms with van der Waals surface area (Å²) in [5, 5.41) is 17.4. The van der Waals surface area contributed by atoms with Crippen LogP contribution in [-0.2, 0) is 7.05 Å². The average Bonchev–Trinajstić information content (AvgIpc) is 3.21. The number of aryl methyl sites for hydroxylation is 1. The number of thiazole rings is 1. The van der Waals surface area contributed by atoms with E-state index < -0.39 is 23.1 Å². The number of amides is 1. The second kappa shape index (κ2) is 8.47. The first-order valence-electron chi connectivity index (χ1n) is 10.2. The van der Waals surface area contributed by atoms with Crippen LogP contribution in [0.2, 0.25) is 0 Å². The molecular weight excluding hydrogens is 438 g/mol. The molecule has 3 heterocycles. The third kappa shape index (κ3) is 4.30. The number of halogens is 2. The number of anilines is 3. The van der Waals surface area contributed by atoms with Gasteiger partial charge >= 0.3 is 0 Å². The number of nitrogens with zero attached hydrogens (tertiary/aromatic N) is 4. The summed E-state index contributed by atoms with van der Waals surface area (Å²) in [6.07, 6.45) is 3.59. The van der Waals surface area contributed by atoms with Gasteiger partial charge in [-0.15, -0.1) is 0 Å². The highest BCUT2D eigenvalue weighted by Gasteiger charge is 2.28. The van der Waals surface area contributed by atoms with Crippen LogP contribution in [0.15, 0.2) is 24.4 Å². The lowest BCUT2D eigenvalue weighted by atomic mass is 9.98. The van der Waals surface area contributed by atoms with Crippen LogP contribution >= 0.6 is 11.3 Å². The predicted octanol–water partition coefficient (Wildman–Crippen LogP) is 3.40. The number of hydrogen-bond acceptors (Lipinski definition) is 7. The Balaban J connectivity index is 1.59. The van der Waals surface area contributed by atoms with Gasteiger partial charge in [0.05, 0.1) is 17.4 Å². The molecule has 32 heavy (non-hydrogen) atoms. The molecule has 1 aliphatic rings. The summed E-state index contributed by atoms with van der Waals surface area (Å²) in [4.78, 5) is 19.1. The number of rotatable bonds is 4. The van der Waals surface area contributed by atoms with E-state index >= 15 is 0 Å². The second-order valence-corrected chi connectivity index (χ2v) is 9.16. The van der Waals surface area contributed by atoms with E-state index in [2.05, 4.69) is 20.3 Å². The van der Waals surface area contributed by atoms with Gasteiger partial charge in [0.25, 0.3) is 5.91 Å². The maximum atomic E-state index is 14.1. The Labute approximate surface area is 187 Å². The van der Waals surface area contributed by atoms with Gasteiger partial charge in [-0.3, -0.25) is 9.48 Å². The predicted molar refractivity (Wildman–Crippen MR) is 120 cm³/mol. The van der Waals surface area contributed by atoms with Gasteiger partial charge in [0, 0.05) is 20.1 Å². The van der Waals surface area contributed by atoms with Gasteiger partial charge in [0.15, 0.2) is 11.5 Å². The highest BCUT2D eigenvalue weighted by Crippen LogP contribution is 2.35. The molecule has 0 radical (unpaired) electrons. The molecule has 4 N–H and O–H groups in total. The van der Waals surface area contributed by atoms with Gasteiger partial charge in [-0.05, 0) is 38.3 Å². The summed E-state index contributed by atoms with van der Waals surface area (Å²) >= 11 is 0.841. The fraction of sp³-hybridized carbons (Fsp3) is 0.381. The Morgan fingerprint density at radius 3 is 2.72 bits per heavy atom. The number of aromatic nitrogens is 3. The summed E-state index contributed by atoms with van der Waals surface area (Å²) < 4.78 is 29.9. The van der Waals surface area contributed by atoms with E-state index in [1.165, 1.54) is 12.3 Å². The first-order chi connectivity index (χ1) is 15.2. The molecule has 0 aliphatic carbocycles. The zero-order valence-corrected chi connectivity index (χ0v) is 18.5. The molecule has 1 fully saturated rings. The second-order valence-electron chi connectivity index (χ2n) is 8.13. The van der Waals surface area contributed by atoms with Crippen molar-refractivity contribution in [2.24, 2.45) is 7.05 Å². The zero-order chi connectivity index (χ0) is 23.0. The highest BCUT2D eigenvalue weighted by molar-refractivity contribution is 7.19. The topological polar surface area (TPSA) is 109 Å². The Morgan fingerprint density at radius 1 is 1.28 bits per heavy atom. The minimum atomic E-state index is -0.780. The molecule has 1 atom stereocenters. The van der Waals surface area contributed by atoms with Crippen molar-refractivity contribution in [3.05, 3.63) is 41.7 Å². The minimum absolute atomic E-state index is 0.00981. The molecule has 3 aromatic rings. The number of carbonyl (C=O) groups excluding carboxylic acids is 1. The van der Waals surface area contributed by atoms with Crippen molar-refractivity contribution >= 4 is 33.8 Å². The van der Waals surface area contributed by atoms with Crippen LogP contribution in [0.1, 0.15) is 36.7 Å². The van der Waals surface area contributed by atoms with Crippen LogP contribution in [0, 0.1) is 11.6 Å². The van der Waals surface area contributed by atoms with Crippen molar-refractivity contribution in [2.75, 3.05) is 29.0 Å². The van der Waals surface area contributed by atoms with Gasteiger partial charge in [-0.2, -0.15) is 5.10 Å². The quantitative estimate of drug-likeness (QED) is 0.548. The van der Waals surface area contributed by atoms with E-state index in [9.17, 15) is 18.7 Å². The molecule has 0 unspecified atom stereocenters. The van der Waals surface area contributed by atoms with E-state index in [1.807, 2.05) is 6.92 Å². The monoisotopic (exact) mass is 462 g/mol. The summed E-state index contributed by atoms with van der Waals surface area (Å²) in [6.45, 7) is 3.13. The van der Waals surface area contributed by atoms with Crippen LogP contribution < -0.4 is 16.0 Å². The van der Waals surface area contributed by atoms with Crippen LogP contribution in [0.4, 0.5) is 25.3 Å². The maximum Gasteiger partial charge on any atom is 0.277 e. The Morgan fingerprint density at radius 2 is 2.00 bits per heavy atom. The lowest BCUT2D eigenvalue weighted by Crippen LogP contribution is -2.30. The lowest BCUT2D eigenvalue weighted by Gasteiger charge is -2.25. The third-order valence-electron chi connectivity index (χ3n) is 5.56. The maximum absolute atomic E-state index is 14.1. The van der Waals surface area contributed by atoms with Crippen molar-refractivity contribution in [1.29, 1.82) is 0 Å². The van der Waals surface area contributed by atoms with Crippen molar-refractivity contribution in [3.8, 4) is 10.6 Å². The number of nitrogen functional groups attached to an aromatic ring is 1. The smallest absolute Gasteiger partial charge is 0.277 e. The standard InChI is InChI=1S/C21H24F2N6O2S/c1-21(31)7-4-9-29(10-8-21)20-14(11-25-28(20)2)26-18(30)16-17(24)32-19(27-16)15-12(22)5-3-6-13(15)23/h3,5-6,11,31H,4,7-10,24H2,1-2H3,(H,26,30)/t21-/m0/s1. The van der Waals surface area contributed by atoms with Crippen molar-refractivity contribution in [3.63, 3.8) is 0 Å². The molecule has 0 bridgehead atoms. The Kier molecular flexibility index (Phi) is 5.87. The average molecular weight is 463 g/mol. The lowest BCUT2D eigenvalue weighted by molar-refractivity contribution is 0.0481. The molecule has 1 aromatic carbocycles. The summed E-state index contributed by atoms with van der Waals surface area (Å²) in [6, 6.07) is 3.50. The number of aliphatic hydroxyl groups is 1. The van der Waals surface area contributed by atoms with Crippen LogP contribution in [0.3, 0.4) is 0 Å². The SMILES string of the molecule is Cn1ncc(NC(=O)c2nc(-c3c(F)cccc3F)sc2N)c1N1CCC[C@](C)(O)CC1. The van der Waals surface area contributed by atoms with Gasteiger partial charge in [0.1, 0.15) is 27.3 Å². The molecule has 11 heteroatoms. The summed E-state index contributed by atoms with van der Waals surface area (Å²) in [5.41, 5.74) is 5.26. The fourth-order valence-corrected chi connectivity index (χ4v) is 4.73. The molecule has 1 saturated heterocycles. The zero-order valence-electron chi connectivity index (χ0n) is 17.7. The van der Waals surface area contributed by atoms with Crippen molar-refractivity contribution < 1.29 is 18.7 Å². The first-order valence-corrected chi connectivity index (χ1v) is 11.0. The molecule has 1 aliphatic heterocycles. The van der Waals surface area contributed by atoms with E-state index in [-0.39, 0.29) is 21.3 Å². The van der Waals surface area contributed by atoms with Gasteiger partial charge in [0.2, 0.25) is 0 Å². The molecule has 1 amide bonds. The Hall–Kier alpha value is -3.05. The molecule has 0 spiro atoms. The number of hydrogen-bond donors (Lipinski definition) is 3. The van der Waals surface area contributed by atoms with Crippen LogP contribution in [0.25, 0.3) is 10.6 Å². The molecule has 2 aromatic heterocycles. The highest BCUT2D eigenvalue weighted by atomic mass is 32.1. The summed E-state index contributed by atoms with van der Waals surface area (Å²) in [7, 11) is 1.77. The van der Waals surface area contributed by atoms with E-state index in [0.29, 0.717) is 37.4 Å². The molecule has 4 rings (SSSR count). The van der Waals surface area contributed by atoms with Crippen molar-refractivity contribution in [2.45, 2.75) is 31.8 Å². The normalized spacial score (nSPS) is 19.1. The number of carbonyl (C=O) groups is 1. The first kappa shape index (κ1) is 22.2. The van der Waals surface area contributed by atoms with Crippen LogP contribution in [0.5, 0.6) is 0 Å². The van der Waals surface area contributed by atoms with E-state index in [0.717, 1.165) is 29.9 Å². The van der Waals surface area contributed by atoms with Gasteiger partial charge < -0.3 is 21.1 Å². The largest absolute Gasteiger partial charge is 0.390 e. The van der Waals surface area contributed by atoms with Crippen LogP contribution in [-0.4, -0.2) is 44.5 Å².